The Balaban J connectivity index is 0.000000198. The quantitative estimate of drug-likeness (QED) is 0.138. The van der Waals surface area contributed by atoms with E-state index in [-0.39, 0.29) is 0 Å². The van der Waals surface area contributed by atoms with E-state index in [2.05, 4.69) is 175 Å². The molecule has 0 bridgehead atoms. The third kappa shape index (κ3) is 23.8. The van der Waals surface area contributed by atoms with E-state index in [0.29, 0.717) is 0 Å². The predicted octanol–water partition coefficient (Wildman–Crippen LogP) is 10.6. The van der Waals surface area contributed by atoms with Crippen LogP contribution in [0.25, 0.3) is 55.0 Å². The summed E-state index contributed by atoms with van der Waals surface area (Å²) in [6.07, 6.45) is 0. The van der Waals surface area contributed by atoms with Crippen LogP contribution in [0.15, 0.2) is 133 Å². The van der Waals surface area contributed by atoms with Crippen molar-refractivity contribution >= 4 is 369 Å². The van der Waals surface area contributed by atoms with E-state index >= 15 is 0 Å². The zero-order valence-electron chi connectivity index (χ0n) is 33.0. The van der Waals surface area contributed by atoms with Crippen molar-refractivity contribution in [1.82, 2.24) is 9.13 Å². The van der Waals surface area contributed by atoms with E-state index in [1.807, 2.05) is 0 Å². The van der Waals surface area contributed by atoms with Gasteiger partial charge < -0.3 is 9.13 Å². The molecular weight excluding hydrogens is 1540 g/mol. The van der Waals surface area contributed by atoms with Gasteiger partial charge in [0.25, 0.3) is 0 Å². The molecule has 367 valence electrons. The SMILES string of the molecule is Brc1sccc1-n1c2ccccc2c2ccccc21.S=S=S=S=S=S=S=S=S=S=S=S=S=S.S=S=S=S=S=S=S=S=S=S=S=S=S=S=S.[B]=NS.c1ccc2c(c1)c1ccccc1n2-c1ccsc1. The van der Waals surface area contributed by atoms with Crippen molar-refractivity contribution in [2.75, 3.05) is 0 Å². The molecule has 0 aliphatic rings. The van der Waals surface area contributed by atoms with E-state index in [4.69, 9.17) is 44.8 Å². The molecule has 0 saturated heterocycles. The molecule has 0 aliphatic heterocycles. The Labute approximate surface area is 513 Å². The molecule has 8 aromatic rings. The average molecular weight is 1570 g/mol. The predicted molar refractivity (Wildman–Crippen MR) is 396 cm³/mol. The number of thiophene rings is 2. The first-order chi connectivity index (χ1) is 34.1. The van der Waals surface area contributed by atoms with Gasteiger partial charge in [-0.2, -0.15) is 11.3 Å². The largest absolute Gasteiger partial charge is 0.308 e. The summed E-state index contributed by atoms with van der Waals surface area (Å²) in [6, 6.07) is 38.6. The Kier molecular flexibility index (Phi) is 39.2. The average Bonchev–Trinajstić information content (AvgIpc) is 4.20. The van der Waals surface area contributed by atoms with Gasteiger partial charge in [0.1, 0.15) is 0 Å². The molecule has 0 fully saturated rings. The van der Waals surface area contributed by atoms with Gasteiger partial charge >= 0.3 is 24.8 Å². The molecular formula is C32H22BBrN3S32. The number of aromatic nitrogens is 2. The third-order valence-electron chi connectivity index (χ3n) is 7.40. The van der Waals surface area contributed by atoms with Gasteiger partial charge in [-0.15, -0.1) is 11.3 Å². The Morgan fingerprint density at radius 2 is 0.710 bits per heavy atom. The van der Waals surface area contributed by atoms with Gasteiger partial charge in [0, 0.05) is 294 Å². The molecule has 0 spiro atoms. The zero-order chi connectivity index (χ0) is 49.2. The summed E-state index contributed by atoms with van der Waals surface area (Å²) < 4.78 is 8.52. The van der Waals surface area contributed by atoms with Gasteiger partial charge in [0.15, 0.2) is 0 Å². The summed E-state index contributed by atoms with van der Waals surface area (Å²) in [5, 5.41) is 11.7. The maximum absolute atomic E-state index is 4.72. The Morgan fingerprint density at radius 3 is 0.971 bits per heavy atom. The normalized spacial score (nSPS) is 9.29. The van der Waals surface area contributed by atoms with E-state index in [1.165, 1.54) is 94.3 Å². The molecule has 8 rings (SSSR count). The fourth-order valence-corrected chi connectivity index (χ4v) is 64.9. The number of hydrogen-bond donors (Lipinski definition) is 1. The number of rotatable bonds is 2. The van der Waals surface area contributed by atoms with Gasteiger partial charge in [-0.3, -0.25) is 0 Å². The van der Waals surface area contributed by atoms with Crippen LogP contribution in [0.2, 0.25) is 0 Å². The number of fused-ring (bicyclic) bond motifs is 6. The molecule has 0 N–H and O–H groups in total. The molecule has 0 saturated carbocycles. The zero-order valence-corrected chi connectivity index (χ0v) is 60.8. The van der Waals surface area contributed by atoms with E-state index < -0.39 is 0 Å². The van der Waals surface area contributed by atoms with Gasteiger partial charge in [0.05, 0.1) is 37.2 Å². The minimum Gasteiger partial charge on any atom is -0.308 e. The van der Waals surface area contributed by atoms with Crippen LogP contribution in [0.5, 0.6) is 0 Å². The standard InChI is InChI=1S/C16H10BrNS.C16H11NS.BHNS.S15.S14/c17-16-15(9-10-19-16)18-13-7-3-1-5-11(13)12-6-2-4-8-14(12)18;1-3-7-15-13(5-1)14-6-2-4-8-16(14)17(15)12-9-10-18-11-12;1-2-3;1-3-5-7-9-11-13-15-14-12-10-8-6-4-2;1-3-5-7-9-11-13-14-12-10-8-6-4-2/h1-10H;1-11H;3H;;. The maximum Gasteiger partial charge on any atom is 0.0569 e. The van der Waals surface area contributed by atoms with Crippen molar-refractivity contribution < 1.29 is 0 Å². The molecule has 0 amide bonds. The van der Waals surface area contributed by atoms with Crippen LogP contribution in [0.4, 0.5) is 0 Å². The van der Waals surface area contributed by atoms with E-state index in [9.17, 15) is 0 Å². The van der Waals surface area contributed by atoms with Gasteiger partial charge in [0.2, 0.25) is 0 Å². The summed E-state index contributed by atoms with van der Waals surface area (Å²) in [7, 11) is 46.0. The molecule has 4 aromatic carbocycles. The maximum atomic E-state index is 4.72. The van der Waals surface area contributed by atoms with Crippen molar-refractivity contribution in [2.24, 2.45) is 4.30 Å². The van der Waals surface area contributed by atoms with Crippen LogP contribution >= 0.6 is 51.4 Å². The second-order valence-electron chi connectivity index (χ2n) is 10.6. The fraction of sp³-hybridized carbons (Fsp3) is 0. The van der Waals surface area contributed by atoms with Crippen LogP contribution in [0.1, 0.15) is 0 Å². The van der Waals surface area contributed by atoms with Crippen LogP contribution in [-0.4, -0.2) is 16.8 Å². The van der Waals surface area contributed by atoms with E-state index in [1.54, 1.807) is 209 Å². The second-order valence-corrected chi connectivity index (χ2v) is 58.1. The minimum atomic E-state index is 1.17. The Bertz CT molecular complexity index is 4020. The molecule has 4 aromatic heterocycles. The van der Waals surface area contributed by atoms with Crippen LogP contribution in [0, 0.1) is 0 Å². The molecule has 1 radical (unpaired) electrons. The fourth-order valence-electron chi connectivity index (χ4n) is 5.45. The van der Waals surface area contributed by atoms with Crippen LogP contribution in [0.3, 0.4) is 0 Å². The molecule has 37 heteroatoms. The summed E-state index contributed by atoms with van der Waals surface area (Å²) in [5.74, 6) is 0. The summed E-state index contributed by atoms with van der Waals surface area (Å²) in [6.45, 7) is 0. The summed E-state index contributed by atoms with van der Waals surface area (Å²) in [4.78, 5) is 0. The van der Waals surface area contributed by atoms with Crippen LogP contribution in [-0.2, 0) is 267 Å². The molecule has 4 heterocycles. The minimum absolute atomic E-state index is 1.17. The smallest absolute Gasteiger partial charge is 0.0569 e. The summed E-state index contributed by atoms with van der Waals surface area (Å²) >= 11 is 29.2. The molecule has 0 atom stereocenters. The number of thiol groups is 1. The van der Waals surface area contributed by atoms with Crippen molar-refractivity contribution in [3.05, 3.63) is 129 Å². The van der Waals surface area contributed by atoms with Crippen molar-refractivity contribution in [1.29, 1.82) is 0 Å². The molecule has 69 heavy (non-hydrogen) atoms. The number of benzene rings is 4. The Hall–Kier alpha value is 2.95. The van der Waals surface area contributed by atoms with Crippen molar-refractivity contribution in [2.45, 2.75) is 0 Å². The monoisotopic (exact) mass is 1560 g/mol. The van der Waals surface area contributed by atoms with E-state index in [0.717, 1.165) is 0 Å². The van der Waals surface area contributed by atoms with Crippen molar-refractivity contribution in [3.63, 3.8) is 0 Å². The first-order valence-corrected chi connectivity index (χ1v) is 56.0. The number of hydrogen-bond acceptors (Lipinski definition) is 8. The van der Waals surface area contributed by atoms with Gasteiger partial charge in [-0.1, -0.05) is 72.8 Å². The topological polar surface area (TPSA) is 22.2 Å². The third-order valence-corrected chi connectivity index (χ3v) is 60.8. The first-order valence-electron chi connectivity index (χ1n) is 17.0. The molecule has 3 nitrogen and oxygen atoms in total. The van der Waals surface area contributed by atoms with Gasteiger partial charge in [-0.25, -0.2) is 0 Å². The van der Waals surface area contributed by atoms with Gasteiger partial charge in [-0.05, 0) is 63.1 Å². The number of nitrogens with zero attached hydrogens (tertiary/aromatic N) is 3. The number of halogens is 1. The second kappa shape index (κ2) is 42.0. The first kappa shape index (κ1) is 64.5. The summed E-state index contributed by atoms with van der Waals surface area (Å²) in [5.41, 5.74) is 7.51. The molecule has 0 aliphatic carbocycles. The van der Waals surface area contributed by atoms with Crippen molar-refractivity contribution in [3.8, 4) is 11.4 Å². The number of para-hydroxylation sites is 4. The Morgan fingerprint density at radius 1 is 0.420 bits per heavy atom. The van der Waals surface area contributed by atoms with Crippen LogP contribution < -0.4 is 0 Å². The molecule has 0 unspecified atom stereocenters.